The summed E-state index contributed by atoms with van der Waals surface area (Å²) in [6, 6.07) is 15.0. The number of guanidine groups is 1. The molecule has 1 aromatic heterocycles. The Morgan fingerprint density at radius 3 is 2.67 bits per heavy atom. The van der Waals surface area contributed by atoms with Gasteiger partial charge in [0, 0.05) is 13.6 Å². The second-order valence-corrected chi connectivity index (χ2v) is 8.08. The number of hydrogen-bond donors (Lipinski definition) is 2. The Labute approximate surface area is 200 Å². The van der Waals surface area contributed by atoms with Gasteiger partial charge in [0.15, 0.2) is 11.8 Å². The van der Waals surface area contributed by atoms with Gasteiger partial charge in [-0.05, 0) is 48.6 Å². The molecule has 1 heterocycles. The number of nitrogens with one attached hydrogen (secondary N) is 2. The zero-order chi connectivity index (χ0) is 20.6. The lowest BCUT2D eigenvalue weighted by Crippen LogP contribution is -2.39. The SMILES string of the molecule is CSCCCNC(=NCc1nnc(C)n1C)NC(C)c1cccc2ccccc12.I. The van der Waals surface area contributed by atoms with Crippen LogP contribution in [-0.2, 0) is 13.6 Å². The van der Waals surface area contributed by atoms with Crippen LogP contribution in [0.25, 0.3) is 10.8 Å². The molecule has 3 aromatic rings. The largest absolute Gasteiger partial charge is 0.356 e. The van der Waals surface area contributed by atoms with Crippen LogP contribution in [0.2, 0.25) is 0 Å². The standard InChI is InChI=1S/C22H30N6S.HI/c1-16(19-12-7-10-18-9-5-6-11-20(18)19)25-22(23-13-8-14-29-4)24-15-21-27-26-17(2)28(21)3;/h5-7,9-12,16H,8,13-15H2,1-4H3,(H2,23,24,25);1H. The zero-order valence-electron chi connectivity index (χ0n) is 18.1. The molecule has 0 aliphatic rings. The van der Waals surface area contributed by atoms with E-state index in [4.69, 9.17) is 4.99 Å². The molecule has 1 atom stereocenters. The van der Waals surface area contributed by atoms with Gasteiger partial charge in [0.1, 0.15) is 12.4 Å². The maximum Gasteiger partial charge on any atom is 0.192 e. The van der Waals surface area contributed by atoms with E-state index in [-0.39, 0.29) is 30.0 Å². The quantitative estimate of drug-likeness (QED) is 0.192. The highest BCUT2D eigenvalue weighted by molar-refractivity contribution is 14.0. The molecule has 0 saturated heterocycles. The van der Waals surface area contributed by atoms with Crippen LogP contribution in [0.3, 0.4) is 0 Å². The average molecular weight is 539 g/mol. The summed E-state index contributed by atoms with van der Waals surface area (Å²) in [5.74, 6) is 3.67. The summed E-state index contributed by atoms with van der Waals surface area (Å²) in [6.07, 6.45) is 3.22. The van der Waals surface area contributed by atoms with Crippen molar-refractivity contribution in [3.63, 3.8) is 0 Å². The summed E-state index contributed by atoms with van der Waals surface area (Å²) < 4.78 is 1.98. The molecule has 0 aliphatic carbocycles. The highest BCUT2D eigenvalue weighted by atomic mass is 127. The smallest absolute Gasteiger partial charge is 0.192 e. The molecule has 162 valence electrons. The molecular formula is C22H31IN6S. The van der Waals surface area contributed by atoms with E-state index in [1.54, 1.807) is 0 Å². The highest BCUT2D eigenvalue weighted by Crippen LogP contribution is 2.24. The lowest BCUT2D eigenvalue weighted by molar-refractivity contribution is 0.677. The van der Waals surface area contributed by atoms with E-state index in [9.17, 15) is 0 Å². The molecule has 3 rings (SSSR count). The molecule has 30 heavy (non-hydrogen) atoms. The number of hydrogen-bond acceptors (Lipinski definition) is 4. The van der Waals surface area contributed by atoms with Crippen LogP contribution >= 0.6 is 35.7 Å². The van der Waals surface area contributed by atoms with Crippen molar-refractivity contribution in [3.05, 3.63) is 59.7 Å². The Hall–Kier alpha value is -1.81. The lowest BCUT2D eigenvalue weighted by atomic mass is 10.00. The van der Waals surface area contributed by atoms with Gasteiger partial charge in [0.25, 0.3) is 0 Å². The molecule has 2 aromatic carbocycles. The number of aryl methyl sites for hydroxylation is 1. The molecule has 0 radical (unpaired) electrons. The van der Waals surface area contributed by atoms with Gasteiger partial charge in [0.05, 0.1) is 6.04 Å². The van der Waals surface area contributed by atoms with Crippen molar-refractivity contribution in [1.29, 1.82) is 0 Å². The monoisotopic (exact) mass is 538 g/mol. The molecule has 6 nitrogen and oxygen atoms in total. The molecule has 0 aliphatic heterocycles. The maximum absolute atomic E-state index is 4.78. The summed E-state index contributed by atoms with van der Waals surface area (Å²) in [5.41, 5.74) is 1.26. The summed E-state index contributed by atoms with van der Waals surface area (Å²) in [7, 11) is 1.97. The molecule has 2 N–H and O–H groups in total. The first kappa shape index (κ1) is 24.5. The normalized spacial score (nSPS) is 12.5. The molecule has 1 unspecified atom stereocenters. The van der Waals surface area contributed by atoms with Crippen molar-refractivity contribution >= 4 is 52.5 Å². The van der Waals surface area contributed by atoms with Crippen molar-refractivity contribution in [3.8, 4) is 0 Å². The maximum atomic E-state index is 4.78. The summed E-state index contributed by atoms with van der Waals surface area (Å²) >= 11 is 1.86. The molecule has 0 spiro atoms. The Bertz CT molecular complexity index is 966. The van der Waals surface area contributed by atoms with Crippen molar-refractivity contribution in [2.75, 3.05) is 18.6 Å². The van der Waals surface area contributed by atoms with Crippen molar-refractivity contribution in [2.45, 2.75) is 32.9 Å². The third kappa shape index (κ3) is 6.34. The van der Waals surface area contributed by atoms with Crippen molar-refractivity contribution in [1.82, 2.24) is 25.4 Å². The third-order valence-electron chi connectivity index (χ3n) is 5.02. The van der Waals surface area contributed by atoms with E-state index in [0.29, 0.717) is 6.54 Å². The van der Waals surface area contributed by atoms with Crippen LogP contribution in [-0.4, -0.2) is 39.3 Å². The number of thioether (sulfide) groups is 1. The predicted octanol–water partition coefficient (Wildman–Crippen LogP) is 4.44. The Balaban J connectivity index is 0.00000320. The lowest BCUT2D eigenvalue weighted by Gasteiger charge is -2.20. The van der Waals surface area contributed by atoms with E-state index in [1.165, 1.54) is 16.3 Å². The fourth-order valence-electron chi connectivity index (χ4n) is 3.23. The fourth-order valence-corrected chi connectivity index (χ4v) is 3.66. The number of aliphatic imine (C=N–C) groups is 1. The van der Waals surface area contributed by atoms with Crippen molar-refractivity contribution in [2.24, 2.45) is 12.0 Å². The van der Waals surface area contributed by atoms with Gasteiger partial charge in [-0.15, -0.1) is 34.2 Å². The second kappa shape index (κ2) is 12.1. The Morgan fingerprint density at radius 2 is 1.93 bits per heavy atom. The van der Waals surface area contributed by atoms with Crippen LogP contribution in [0.5, 0.6) is 0 Å². The van der Waals surface area contributed by atoms with E-state index in [0.717, 1.165) is 36.3 Å². The number of aromatic nitrogens is 3. The van der Waals surface area contributed by atoms with Gasteiger partial charge in [0.2, 0.25) is 0 Å². The molecule has 0 bridgehead atoms. The zero-order valence-corrected chi connectivity index (χ0v) is 21.2. The van der Waals surface area contributed by atoms with Crippen LogP contribution in [0.4, 0.5) is 0 Å². The van der Waals surface area contributed by atoms with Crippen LogP contribution in [0.1, 0.15) is 36.6 Å². The number of rotatable bonds is 8. The van der Waals surface area contributed by atoms with Crippen molar-refractivity contribution < 1.29 is 0 Å². The predicted molar refractivity (Wildman–Crippen MR) is 139 cm³/mol. The Morgan fingerprint density at radius 1 is 1.17 bits per heavy atom. The van der Waals surface area contributed by atoms with Gasteiger partial charge in [-0.25, -0.2) is 4.99 Å². The van der Waals surface area contributed by atoms with Crippen LogP contribution < -0.4 is 10.6 Å². The highest BCUT2D eigenvalue weighted by Gasteiger charge is 2.12. The molecule has 0 fully saturated rings. The number of halogens is 1. The number of benzene rings is 2. The topological polar surface area (TPSA) is 67.1 Å². The van der Waals surface area contributed by atoms with Crippen LogP contribution in [0, 0.1) is 6.92 Å². The van der Waals surface area contributed by atoms with E-state index in [1.807, 2.05) is 30.3 Å². The molecular weight excluding hydrogens is 507 g/mol. The van der Waals surface area contributed by atoms with E-state index >= 15 is 0 Å². The molecule has 8 heteroatoms. The van der Waals surface area contributed by atoms with E-state index in [2.05, 4.69) is 76.5 Å². The average Bonchev–Trinajstić information content (AvgIpc) is 3.06. The first-order valence-corrected chi connectivity index (χ1v) is 11.4. The minimum atomic E-state index is 0. The first-order valence-electron chi connectivity index (χ1n) is 9.96. The minimum Gasteiger partial charge on any atom is -0.356 e. The van der Waals surface area contributed by atoms with Gasteiger partial charge >= 0.3 is 0 Å². The minimum absolute atomic E-state index is 0. The number of nitrogens with zero attached hydrogens (tertiary/aromatic N) is 4. The summed E-state index contributed by atoms with van der Waals surface area (Å²) in [4.78, 5) is 4.78. The van der Waals surface area contributed by atoms with Gasteiger partial charge in [-0.3, -0.25) is 0 Å². The van der Waals surface area contributed by atoms with Gasteiger partial charge < -0.3 is 15.2 Å². The summed E-state index contributed by atoms with van der Waals surface area (Å²) in [5, 5.41) is 17.9. The first-order chi connectivity index (χ1) is 14.1. The second-order valence-electron chi connectivity index (χ2n) is 7.09. The number of fused-ring (bicyclic) bond motifs is 1. The van der Waals surface area contributed by atoms with E-state index < -0.39 is 0 Å². The van der Waals surface area contributed by atoms with Gasteiger partial charge in [-0.2, -0.15) is 11.8 Å². The summed E-state index contributed by atoms with van der Waals surface area (Å²) in [6.45, 7) is 5.49. The molecule has 0 saturated carbocycles. The molecule has 0 amide bonds. The Kier molecular flexibility index (Phi) is 9.90. The third-order valence-corrected chi connectivity index (χ3v) is 5.72. The van der Waals surface area contributed by atoms with Gasteiger partial charge in [-0.1, -0.05) is 42.5 Å². The fraction of sp³-hybridized carbons (Fsp3) is 0.409. The van der Waals surface area contributed by atoms with Crippen LogP contribution in [0.15, 0.2) is 47.5 Å².